The lowest BCUT2D eigenvalue weighted by molar-refractivity contribution is -0.128. The van der Waals surface area contributed by atoms with E-state index in [1.54, 1.807) is 31.4 Å². The molecule has 0 aliphatic heterocycles. The van der Waals surface area contributed by atoms with E-state index in [4.69, 9.17) is 14.2 Å². The van der Waals surface area contributed by atoms with E-state index in [0.717, 1.165) is 0 Å². The van der Waals surface area contributed by atoms with Gasteiger partial charge < -0.3 is 14.2 Å². The Bertz CT molecular complexity index is 678. The van der Waals surface area contributed by atoms with Gasteiger partial charge in [0.1, 0.15) is 23.1 Å². The summed E-state index contributed by atoms with van der Waals surface area (Å²) in [5.74, 6) is 0.556. The van der Waals surface area contributed by atoms with E-state index in [2.05, 4.69) is 0 Å². The predicted octanol–water partition coefficient (Wildman–Crippen LogP) is 3.46. The minimum absolute atomic E-state index is 0.272. The standard InChI is InChI=1S/C17H15FO4/c1-20-15-8-9-16(21-2)12(11-15)3-10-17(19)22-14-6-4-13(18)5-7-14/h3-11H,1-2H3/b10-3+. The van der Waals surface area contributed by atoms with E-state index >= 15 is 0 Å². The molecule has 0 saturated carbocycles. The Morgan fingerprint density at radius 3 is 2.32 bits per heavy atom. The molecule has 0 fully saturated rings. The van der Waals surface area contributed by atoms with Gasteiger partial charge in [-0.15, -0.1) is 0 Å². The third-order valence-electron chi connectivity index (χ3n) is 2.87. The van der Waals surface area contributed by atoms with E-state index in [-0.39, 0.29) is 5.75 Å². The molecule has 0 saturated heterocycles. The van der Waals surface area contributed by atoms with Crippen LogP contribution in [0.5, 0.6) is 17.2 Å². The first-order valence-electron chi connectivity index (χ1n) is 6.50. The Morgan fingerprint density at radius 2 is 1.68 bits per heavy atom. The SMILES string of the molecule is COc1ccc(OC)c(/C=C/C(=O)Oc2ccc(F)cc2)c1. The van der Waals surface area contributed by atoms with Crippen LogP contribution in [-0.4, -0.2) is 20.2 Å². The largest absolute Gasteiger partial charge is 0.497 e. The van der Waals surface area contributed by atoms with E-state index in [9.17, 15) is 9.18 Å². The Kier molecular flexibility index (Phi) is 5.14. The lowest BCUT2D eigenvalue weighted by Gasteiger charge is -2.07. The number of hydrogen-bond donors (Lipinski definition) is 0. The van der Waals surface area contributed by atoms with Crippen LogP contribution < -0.4 is 14.2 Å². The van der Waals surface area contributed by atoms with Gasteiger partial charge >= 0.3 is 5.97 Å². The fourth-order valence-electron chi connectivity index (χ4n) is 1.78. The van der Waals surface area contributed by atoms with Gasteiger partial charge in [0.25, 0.3) is 0 Å². The molecule has 114 valence electrons. The molecule has 0 radical (unpaired) electrons. The van der Waals surface area contributed by atoms with E-state index < -0.39 is 11.8 Å². The summed E-state index contributed by atoms with van der Waals surface area (Å²) in [4.78, 5) is 11.7. The molecule has 0 spiro atoms. The van der Waals surface area contributed by atoms with E-state index in [0.29, 0.717) is 17.1 Å². The van der Waals surface area contributed by atoms with Crippen LogP contribution in [0.15, 0.2) is 48.5 Å². The molecule has 2 rings (SSSR count). The third kappa shape index (κ3) is 4.09. The summed E-state index contributed by atoms with van der Waals surface area (Å²) in [6.07, 6.45) is 2.83. The van der Waals surface area contributed by atoms with Crippen molar-refractivity contribution in [1.82, 2.24) is 0 Å². The van der Waals surface area contributed by atoms with Crippen LogP contribution in [0.2, 0.25) is 0 Å². The molecule has 0 N–H and O–H groups in total. The van der Waals surface area contributed by atoms with Crippen molar-refractivity contribution in [2.24, 2.45) is 0 Å². The highest BCUT2D eigenvalue weighted by Crippen LogP contribution is 2.25. The Morgan fingerprint density at radius 1 is 1.00 bits per heavy atom. The number of carbonyl (C=O) groups is 1. The van der Waals surface area contributed by atoms with Gasteiger partial charge in [-0.25, -0.2) is 9.18 Å². The predicted molar refractivity (Wildman–Crippen MR) is 80.6 cm³/mol. The van der Waals surface area contributed by atoms with Crippen LogP contribution in [0.4, 0.5) is 4.39 Å². The zero-order valence-electron chi connectivity index (χ0n) is 12.2. The van der Waals surface area contributed by atoms with Crippen molar-refractivity contribution in [2.75, 3.05) is 14.2 Å². The van der Waals surface area contributed by atoms with Gasteiger partial charge in [-0.1, -0.05) is 0 Å². The highest BCUT2D eigenvalue weighted by Gasteiger charge is 2.04. The molecule has 22 heavy (non-hydrogen) atoms. The number of benzene rings is 2. The number of ether oxygens (including phenoxy) is 3. The first-order chi connectivity index (χ1) is 10.6. The normalized spacial score (nSPS) is 10.5. The Hall–Kier alpha value is -2.82. The molecular formula is C17H15FO4. The first kappa shape index (κ1) is 15.6. The molecule has 0 aromatic heterocycles. The summed E-state index contributed by atoms with van der Waals surface area (Å²) in [7, 11) is 3.09. The average Bonchev–Trinajstić information content (AvgIpc) is 2.54. The maximum atomic E-state index is 12.8. The average molecular weight is 302 g/mol. The maximum Gasteiger partial charge on any atom is 0.336 e. The van der Waals surface area contributed by atoms with Crippen LogP contribution >= 0.6 is 0 Å². The van der Waals surface area contributed by atoms with Crippen molar-refractivity contribution in [1.29, 1.82) is 0 Å². The van der Waals surface area contributed by atoms with Gasteiger partial charge in [-0.05, 0) is 48.5 Å². The summed E-state index contributed by atoms with van der Waals surface area (Å²) in [6, 6.07) is 10.4. The van der Waals surface area contributed by atoms with Crippen molar-refractivity contribution in [3.05, 3.63) is 59.9 Å². The quantitative estimate of drug-likeness (QED) is 0.482. The number of esters is 1. The topological polar surface area (TPSA) is 44.8 Å². The minimum atomic E-state index is -0.573. The summed E-state index contributed by atoms with van der Waals surface area (Å²) in [5, 5.41) is 0. The number of hydrogen-bond acceptors (Lipinski definition) is 4. The van der Waals surface area contributed by atoms with Gasteiger partial charge in [-0.2, -0.15) is 0 Å². The van der Waals surface area contributed by atoms with Crippen LogP contribution in [0, 0.1) is 5.82 Å². The van der Waals surface area contributed by atoms with Crippen molar-refractivity contribution < 1.29 is 23.4 Å². The van der Waals surface area contributed by atoms with Crippen LogP contribution in [-0.2, 0) is 4.79 Å². The Balaban J connectivity index is 2.10. The molecule has 0 atom stereocenters. The number of rotatable bonds is 5. The Labute approximate surface area is 127 Å². The monoisotopic (exact) mass is 302 g/mol. The molecular weight excluding hydrogens is 287 g/mol. The lowest BCUT2D eigenvalue weighted by atomic mass is 10.1. The zero-order valence-corrected chi connectivity index (χ0v) is 12.2. The smallest absolute Gasteiger partial charge is 0.336 e. The second kappa shape index (κ2) is 7.26. The summed E-state index contributed by atoms with van der Waals surface area (Å²) in [6.45, 7) is 0. The fraction of sp³-hybridized carbons (Fsp3) is 0.118. The first-order valence-corrected chi connectivity index (χ1v) is 6.50. The molecule has 5 heteroatoms. The summed E-state index contributed by atoms with van der Waals surface area (Å²) in [5.41, 5.74) is 0.679. The van der Waals surface area contributed by atoms with Crippen molar-refractivity contribution >= 4 is 12.0 Å². The maximum absolute atomic E-state index is 12.8. The second-order valence-electron chi connectivity index (χ2n) is 4.32. The summed E-state index contributed by atoms with van der Waals surface area (Å²) >= 11 is 0. The van der Waals surface area contributed by atoms with E-state index in [1.165, 1.54) is 37.5 Å². The lowest BCUT2D eigenvalue weighted by Crippen LogP contribution is -2.03. The molecule has 4 nitrogen and oxygen atoms in total. The summed E-state index contributed by atoms with van der Waals surface area (Å²) < 4.78 is 28.2. The molecule has 2 aromatic carbocycles. The third-order valence-corrected chi connectivity index (χ3v) is 2.87. The molecule has 0 aliphatic rings. The highest BCUT2D eigenvalue weighted by molar-refractivity contribution is 5.89. The van der Waals surface area contributed by atoms with Gasteiger partial charge in [0, 0.05) is 11.6 Å². The van der Waals surface area contributed by atoms with Gasteiger partial charge in [0.15, 0.2) is 0 Å². The molecule has 0 heterocycles. The fourth-order valence-corrected chi connectivity index (χ4v) is 1.78. The molecule has 2 aromatic rings. The number of carbonyl (C=O) groups excluding carboxylic acids is 1. The van der Waals surface area contributed by atoms with Crippen LogP contribution in [0.25, 0.3) is 6.08 Å². The molecule has 0 unspecified atom stereocenters. The molecule has 0 aliphatic carbocycles. The highest BCUT2D eigenvalue weighted by atomic mass is 19.1. The van der Waals surface area contributed by atoms with Gasteiger partial charge in [0.05, 0.1) is 14.2 Å². The van der Waals surface area contributed by atoms with Crippen LogP contribution in [0.1, 0.15) is 5.56 Å². The van der Waals surface area contributed by atoms with Crippen molar-refractivity contribution in [2.45, 2.75) is 0 Å². The second-order valence-corrected chi connectivity index (χ2v) is 4.32. The minimum Gasteiger partial charge on any atom is -0.497 e. The zero-order chi connectivity index (χ0) is 15.9. The number of halogens is 1. The van der Waals surface area contributed by atoms with Crippen molar-refractivity contribution in [3.63, 3.8) is 0 Å². The van der Waals surface area contributed by atoms with Crippen LogP contribution in [0.3, 0.4) is 0 Å². The van der Waals surface area contributed by atoms with Gasteiger partial charge in [-0.3, -0.25) is 0 Å². The van der Waals surface area contributed by atoms with E-state index in [1.807, 2.05) is 0 Å². The van der Waals surface area contributed by atoms with Crippen molar-refractivity contribution in [3.8, 4) is 17.2 Å². The number of methoxy groups -OCH3 is 2. The molecule has 0 bridgehead atoms. The van der Waals surface area contributed by atoms with Gasteiger partial charge in [0.2, 0.25) is 0 Å². The molecule has 0 amide bonds.